The van der Waals surface area contributed by atoms with Gasteiger partial charge in [-0.1, -0.05) is 48.0 Å². The second-order valence-corrected chi connectivity index (χ2v) is 4.91. The fourth-order valence-electron chi connectivity index (χ4n) is 1.92. The first kappa shape index (κ1) is 13.0. The Bertz CT molecular complexity index is 494. The third kappa shape index (κ3) is 3.78. The van der Waals surface area contributed by atoms with E-state index in [0.29, 0.717) is 0 Å². The summed E-state index contributed by atoms with van der Waals surface area (Å²) >= 11 is 6.16. The summed E-state index contributed by atoms with van der Waals surface area (Å²) in [6, 6.07) is 16.7. The summed E-state index contributed by atoms with van der Waals surface area (Å²) < 4.78 is 0. The van der Waals surface area contributed by atoms with Crippen LogP contribution in [0.3, 0.4) is 0 Å². The van der Waals surface area contributed by atoms with E-state index in [1.807, 2.05) is 25.1 Å². The highest BCUT2D eigenvalue weighted by Gasteiger charge is 1.99. The molecule has 1 nitrogen and oxygen atoms in total. The first-order valence-corrected chi connectivity index (χ1v) is 6.67. The minimum Gasteiger partial charge on any atom is -0.384 e. The van der Waals surface area contributed by atoms with Crippen molar-refractivity contribution in [1.82, 2.24) is 0 Å². The number of halogens is 1. The lowest BCUT2D eigenvalue weighted by Gasteiger charge is -2.09. The Balaban J connectivity index is 1.79. The number of benzene rings is 2. The molecule has 0 saturated carbocycles. The topological polar surface area (TPSA) is 12.0 Å². The van der Waals surface area contributed by atoms with Gasteiger partial charge in [-0.2, -0.15) is 0 Å². The van der Waals surface area contributed by atoms with Crippen molar-refractivity contribution in [2.45, 2.75) is 19.8 Å². The molecule has 1 N–H and O–H groups in total. The molecule has 0 unspecified atom stereocenters. The zero-order chi connectivity index (χ0) is 12.8. The molecule has 0 atom stereocenters. The average molecular weight is 260 g/mol. The Morgan fingerprint density at radius 1 is 1.06 bits per heavy atom. The van der Waals surface area contributed by atoms with Gasteiger partial charge >= 0.3 is 0 Å². The number of rotatable bonds is 5. The van der Waals surface area contributed by atoms with E-state index in [1.54, 1.807) is 0 Å². The van der Waals surface area contributed by atoms with Gasteiger partial charge in [0.25, 0.3) is 0 Å². The molecule has 0 radical (unpaired) electrons. The molecule has 0 aliphatic rings. The first-order chi connectivity index (χ1) is 8.75. The molecule has 2 aromatic rings. The fraction of sp³-hybridized carbons (Fsp3) is 0.250. The molecule has 0 amide bonds. The van der Waals surface area contributed by atoms with Crippen LogP contribution < -0.4 is 5.32 Å². The van der Waals surface area contributed by atoms with E-state index < -0.39 is 0 Å². The Labute approximate surface area is 114 Å². The maximum Gasteiger partial charge on any atom is 0.0640 e. The van der Waals surface area contributed by atoms with Gasteiger partial charge in [-0.25, -0.2) is 0 Å². The van der Waals surface area contributed by atoms with Gasteiger partial charge in [0.1, 0.15) is 0 Å². The van der Waals surface area contributed by atoms with Crippen LogP contribution in [0, 0.1) is 6.92 Å². The predicted molar refractivity (Wildman–Crippen MR) is 79.4 cm³/mol. The number of aryl methyl sites for hydroxylation is 2. The Morgan fingerprint density at radius 2 is 1.83 bits per heavy atom. The quantitative estimate of drug-likeness (QED) is 0.768. The zero-order valence-corrected chi connectivity index (χ0v) is 11.4. The largest absolute Gasteiger partial charge is 0.384 e. The third-order valence-electron chi connectivity index (χ3n) is 2.93. The van der Waals surface area contributed by atoms with Crippen molar-refractivity contribution >= 4 is 17.3 Å². The molecule has 94 valence electrons. The van der Waals surface area contributed by atoms with Crippen molar-refractivity contribution in [2.75, 3.05) is 11.9 Å². The summed E-state index contributed by atoms with van der Waals surface area (Å²) in [6.07, 6.45) is 2.20. The third-order valence-corrected chi connectivity index (χ3v) is 3.24. The van der Waals surface area contributed by atoms with Crippen LogP contribution in [0.2, 0.25) is 5.02 Å². The molecular weight excluding hydrogens is 242 g/mol. The van der Waals surface area contributed by atoms with Crippen LogP contribution in [0.1, 0.15) is 17.5 Å². The first-order valence-electron chi connectivity index (χ1n) is 6.29. The lowest BCUT2D eigenvalue weighted by Crippen LogP contribution is -2.03. The molecule has 2 heteroatoms. The highest BCUT2D eigenvalue weighted by atomic mass is 35.5. The summed E-state index contributed by atoms with van der Waals surface area (Å²) in [5.41, 5.74) is 3.60. The number of anilines is 1. The molecule has 0 aromatic heterocycles. The summed E-state index contributed by atoms with van der Waals surface area (Å²) in [6.45, 7) is 2.99. The van der Waals surface area contributed by atoms with Crippen LogP contribution in [0.15, 0.2) is 48.5 Å². The molecule has 0 heterocycles. The van der Waals surface area contributed by atoms with Crippen LogP contribution in [0.5, 0.6) is 0 Å². The molecule has 0 bridgehead atoms. The van der Waals surface area contributed by atoms with Gasteiger partial charge in [0.15, 0.2) is 0 Å². The van der Waals surface area contributed by atoms with Gasteiger partial charge in [-0.3, -0.25) is 0 Å². The molecule has 0 fully saturated rings. The standard InChI is InChI=1S/C16H18ClN/c1-13-9-10-16(15(17)12-13)18-11-5-8-14-6-3-2-4-7-14/h2-4,6-7,9-10,12,18H,5,8,11H2,1H3. The van der Waals surface area contributed by atoms with E-state index in [4.69, 9.17) is 11.6 Å². The van der Waals surface area contributed by atoms with Gasteiger partial charge in [0.2, 0.25) is 0 Å². The van der Waals surface area contributed by atoms with E-state index in [-0.39, 0.29) is 0 Å². The molecule has 0 saturated heterocycles. The Hall–Kier alpha value is -1.47. The lowest BCUT2D eigenvalue weighted by molar-refractivity contribution is 0.863. The summed E-state index contributed by atoms with van der Waals surface area (Å²) in [5, 5.41) is 4.18. The van der Waals surface area contributed by atoms with E-state index in [2.05, 4.69) is 35.6 Å². The predicted octanol–water partition coefficient (Wildman–Crippen LogP) is 4.69. The van der Waals surface area contributed by atoms with Crippen molar-refractivity contribution in [2.24, 2.45) is 0 Å². The molecule has 2 rings (SSSR count). The van der Waals surface area contributed by atoms with Gasteiger partial charge in [-0.05, 0) is 43.0 Å². The molecule has 0 aliphatic carbocycles. The highest BCUT2D eigenvalue weighted by Crippen LogP contribution is 2.22. The Morgan fingerprint density at radius 3 is 2.56 bits per heavy atom. The monoisotopic (exact) mass is 259 g/mol. The van der Waals surface area contributed by atoms with Crippen molar-refractivity contribution in [3.05, 3.63) is 64.7 Å². The van der Waals surface area contributed by atoms with Crippen LogP contribution in [-0.2, 0) is 6.42 Å². The summed E-state index contributed by atoms with van der Waals surface area (Å²) in [7, 11) is 0. The highest BCUT2D eigenvalue weighted by molar-refractivity contribution is 6.33. The maximum absolute atomic E-state index is 6.16. The minimum absolute atomic E-state index is 0.801. The van der Waals surface area contributed by atoms with Crippen LogP contribution in [0.25, 0.3) is 0 Å². The van der Waals surface area contributed by atoms with Crippen molar-refractivity contribution < 1.29 is 0 Å². The molecule has 18 heavy (non-hydrogen) atoms. The van der Waals surface area contributed by atoms with E-state index in [1.165, 1.54) is 11.1 Å². The van der Waals surface area contributed by atoms with Crippen molar-refractivity contribution in [1.29, 1.82) is 0 Å². The van der Waals surface area contributed by atoms with Crippen molar-refractivity contribution in [3.63, 3.8) is 0 Å². The minimum atomic E-state index is 0.801. The zero-order valence-electron chi connectivity index (χ0n) is 10.6. The maximum atomic E-state index is 6.16. The van der Waals surface area contributed by atoms with E-state index >= 15 is 0 Å². The SMILES string of the molecule is Cc1ccc(NCCCc2ccccc2)c(Cl)c1. The molecule has 0 aliphatic heterocycles. The van der Waals surface area contributed by atoms with Crippen LogP contribution >= 0.6 is 11.6 Å². The van der Waals surface area contributed by atoms with Gasteiger partial charge in [0, 0.05) is 6.54 Å². The van der Waals surface area contributed by atoms with Gasteiger partial charge in [-0.15, -0.1) is 0 Å². The Kier molecular flexibility index (Phi) is 4.66. The smallest absolute Gasteiger partial charge is 0.0640 e. The lowest BCUT2D eigenvalue weighted by atomic mass is 10.1. The van der Waals surface area contributed by atoms with Crippen LogP contribution in [0.4, 0.5) is 5.69 Å². The normalized spacial score (nSPS) is 10.3. The van der Waals surface area contributed by atoms with Crippen LogP contribution in [-0.4, -0.2) is 6.54 Å². The average Bonchev–Trinajstić information content (AvgIpc) is 2.38. The summed E-state index contributed by atoms with van der Waals surface area (Å²) in [5.74, 6) is 0. The molecule has 0 spiro atoms. The second-order valence-electron chi connectivity index (χ2n) is 4.50. The van der Waals surface area contributed by atoms with Gasteiger partial charge in [0.05, 0.1) is 10.7 Å². The number of nitrogens with one attached hydrogen (secondary N) is 1. The van der Waals surface area contributed by atoms with Crippen molar-refractivity contribution in [3.8, 4) is 0 Å². The van der Waals surface area contributed by atoms with E-state index in [9.17, 15) is 0 Å². The molecular formula is C16H18ClN. The van der Waals surface area contributed by atoms with Gasteiger partial charge < -0.3 is 5.32 Å². The number of hydrogen-bond acceptors (Lipinski definition) is 1. The number of hydrogen-bond donors (Lipinski definition) is 1. The molecule has 2 aromatic carbocycles. The fourth-order valence-corrected chi connectivity index (χ4v) is 2.23. The summed E-state index contributed by atoms with van der Waals surface area (Å²) in [4.78, 5) is 0. The second kappa shape index (κ2) is 6.46. The van der Waals surface area contributed by atoms with E-state index in [0.717, 1.165) is 30.1 Å².